The van der Waals surface area contributed by atoms with Gasteiger partial charge in [0.2, 0.25) is 0 Å². The molecule has 0 aliphatic carbocycles. The van der Waals surface area contributed by atoms with E-state index in [0.29, 0.717) is 0 Å². The Morgan fingerprint density at radius 3 is 1.60 bits per heavy atom. The van der Waals surface area contributed by atoms with Crippen molar-refractivity contribution in [3.8, 4) is 0 Å². The Balaban J connectivity index is 1.31. The third-order valence-electron chi connectivity index (χ3n) is 9.59. The highest BCUT2D eigenvalue weighted by Crippen LogP contribution is 2.50. The molecule has 2 aromatic heterocycles. The van der Waals surface area contributed by atoms with E-state index in [9.17, 15) is 0 Å². The van der Waals surface area contributed by atoms with Crippen molar-refractivity contribution in [3.05, 3.63) is 182 Å². The quantitative estimate of drug-likeness (QED) is 0.173. The standard InChI is InChI=1S/C46H30N2S2/c1-4-15-32(16-5-1)47(35-25-27-44-40(28-35)38-22-12-13-23-43(38)49-44)36-29-41-39-26-24-31-14-10-11-21-37(31)45(39)50-46(41)42(30-36)48(33-17-6-2-7-18-33)34-19-8-3-9-20-34/h1-30H. The summed E-state index contributed by atoms with van der Waals surface area (Å²) in [7, 11) is 0. The van der Waals surface area contributed by atoms with Crippen molar-refractivity contribution in [1.29, 1.82) is 0 Å². The predicted molar refractivity (Wildman–Crippen MR) is 219 cm³/mol. The average molecular weight is 675 g/mol. The van der Waals surface area contributed by atoms with Crippen LogP contribution < -0.4 is 9.80 Å². The number of para-hydroxylation sites is 3. The fraction of sp³-hybridized carbons (Fsp3) is 0. The van der Waals surface area contributed by atoms with Crippen LogP contribution in [0.2, 0.25) is 0 Å². The van der Waals surface area contributed by atoms with Gasteiger partial charge in [-0.15, -0.1) is 22.7 Å². The Labute approximate surface area is 298 Å². The van der Waals surface area contributed by atoms with Crippen molar-refractivity contribution in [2.45, 2.75) is 0 Å². The van der Waals surface area contributed by atoms with E-state index in [4.69, 9.17) is 0 Å². The van der Waals surface area contributed by atoms with Crippen LogP contribution in [0, 0.1) is 0 Å². The summed E-state index contributed by atoms with van der Waals surface area (Å²) in [5.74, 6) is 0. The van der Waals surface area contributed by atoms with Gasteiger partial charge in [0.25, 0.3) is 0 Å². The topological polar surface area (TPSA) is 6.48 Å². The monoisotopic (exact) mass is 674 g/mol. The SMILES string of the molecule is c1ccc(N(c2ccc3sc4ccccc4c3c2)c2cc(N(c3ccccc3)c3ccccc3)c3sc4c5ccccc5ccc4c3c2)cc1. The molecule has 0 aliphatic rings. The van der Waals surface area contributed by atoms with Crippen LogP contribution in [-0.2, 0) is 0 Å². The first kappa shape index (κ1) is 29.0. The maximum absolute atomic E-state index is 2.42. The van der Waals surface area contributed by atoms with Gasteiger partial charge < -0.3 is 9.80 Å². The van der Waals surface area contributed by atoms with Crippen molar-refractivity contribution >= 4 is 108 Å². The summed E-state index contributed by atoms with van der Waals surface area (Å²) < 4.78 is 5.19. The number of rotatable bonds is 6. The molecule has 0 fully saturated rings. The Morgan fingerprint density at radius 2 is 0.880 bits per heavy atom. The van der Waals surface area contributed by atoms with Gasteiger partial charge in [-0.1, -0.05) is 109 Å². The molecular weight excluding hydrogens is 645 g/mol. The van der Waals surface area contributed by atoms with Gasteiger partial charge in [0, 0.05) is 64.1 Å². The zero-order valence-corrected chi connectivity index (χ0v) is 28.7. The zero-order chi connectivity index (χ0) is 33.0. The predicted octanol–water partition coefficient (Wildman–Crippen LogP) is 14.5. The smallest absolute Gasteiger partial charge is 0.0661 e. The molecular formula is C46H30N2S2. The highest BCUT2D eigenvalue weighted by atomic mass is 32.1. The Morgan fingerprint density at radius 1 is 0.300 bits per heavy atom. The molecule has 0 saturated heterocycles. The number of nitrogens with zero attached hydrogens (tertiary/aromatic N) is 2. The Hall–Kier alpha value is -5.94. The summed E-state index contributed by atoms with van der Waals surface area (Å²) in [6.07, 6.45) is 0. The summed E-state index contributed by atoms with van der Waals surface area (Å²) in [6, 6.07) is 66.1. The van der Waals surface area contributed by atoms with Gasteiger partial charge in [-0.2, -0.15) is 0 Å². The number of thiophene rings is 2. The first-order valence-corrected chi connectivity index (χ1v) is 18.5. The molecule has 2 nitrogen and oxygen atoms in total. The fourth-order valence-corrected chi connectivity index (χ4v) is 9.74. The minimum atomic E-state index is 1.11. The van der Waals surface area contributed by atoms with Gasteiger partial charge in [-0.3, -0.25) is 0 Å². The van der Waals surface area contributed by atoms with E-state index in [1.165, 1.54) is 51.1 Å². The molecule has 10 rings (SSSR count). The van der Waals surface area contributed by atoms with Crippen LogP contribution in [0.25, 0.3) is 51.1 Å². The lowest BCUT2D eigenvalue weighted by Gasteiger charge is -2.30. The molecule has 2 heterocycles. The second kappa shape index (κ2) is 11.9. The van der Waals surface area contributed by atoms with E-state index < -0.39 is 0 Å². The molecule has 0 aliphatic heterocycles. The maximum atomic E-state index is 2.42. The molecule has 4 heteroatoms. The third-order valence-corrected chi connectivity index (χ3v) is 12.0. The van der Waals surface area contributed by atoms with Crippen LogP contribution >= 0.6 is 22.7 Å². The molecule has 8 aromatic carbocycles. The summed E-state index contributed by atoms with van der Waals surface area (Å²) in [4.78, 5) is 4.84. The average Bonchev–Trinajstić information content (AvgIpc) is 3.75. The third kappa shape index (κ3) is 4.76. The summed E-state index contributed by atoms with van der Waals surface area (Å²) in [6.45, 7) is 0. The lowest BCUT2D eigenvalue weighted by Crippen LogP contribution is -2.13. The molecule has 10 aromatic rings. The number of benzene rings is 8. The molecule has 0 radical (unpaired) electrons. The van der Waals surface area contributed by atoms with Crippen LogP contribution in [0.3, 0.4) is 0 Å². The van der Waals surface area contributed by atoms with Gasteiger partial charge in [-0.05, 0) is 83.6 Å². The molecule has 0 atom stereocenters. The summed E-state index contributed by atoms with van der Waals surface area (Å²) in [5.41, 5.74) is 6.76. The molecule has 0 spiro atoms. The number of anilines is 6. The van der Waals surface area contributed by atoms with Gasteiger partial charge in [0.15, 0.2) is 0 Å². The van der Waals surface area contributed by atoms with Crippen molar-refractivity contribution in [2.75, 3.05) is 9.80 Å². The first-order chi connectivity index (χ1) is 24.8. The largest absolute Gasteiger partial charge is 0.310 e. The van der Waals surface area contributed by atoms with E-state index in [1.807, 2.05) is 22.7 Å². The zero-order valence-electron chi connectivity index (χ0n) is 27.0. The maximum Gasteiger partial charge on any atom is 0.0661 e. The van der Waals surface area contributed by atoms with Crippen molar-refractivity contribution in [1.82, 2.24) is 0 Å². The Kier molecular flexibility index (Phi) is 6.90. The summed E-state index contributed by atoms with van der Waals surface area (Å²) >= 11 is 3.75. The molecule has 0 amide bonds. The van der Waals surface area contributed by atoms with Gasteiger partial charge in [-0.25, -0.2) is 0 Å². The number of hydrogen-bond acceptors (Lipinski definition) is 4. The molecule has 0 unspecified atom stereocenters. The molecule has 236 valence electrons. The molecule has 50 heavy (non-hydrogen) atoms. The Bertz CT molecular complexity index is 2780. The van der Waals surface area contributed by atoms with Crippen LogP contribution in [0.1, 0.15) is 0 Å². The molecule has 0 bridgehead atoms. The van der Waals surface area contributed by atoms with Gasteiger partial charge >= 0.3 is 0 Å². The van der Waals surface area contributed by atoms with E-state index in [0.717, 1.165) is 34.1 Å². The lowest BCUT2D eigenvalue weighted by molar-refractivity contribution is 1.27. The minimum absolute atomic E-state index is 1.11. The van der Waals surface area contributed by atoms with Gasteiger partial charge in [0.1, 0.15) is 0 Å². The van der Waals surface area contributed by atoms with Crippen molar-refractivity contribution in [2.24, 2.45) is 0 Å². The van der Waals surface area contributed by atoms with Gasteiger partial charge in [0.05, 0.1) is 10.4 Å². The van der Waals surface area contributed by atoms with Crippen molar-refractivity contribution in [3.63, 3.8) is 0 Å². The van der Waals surface area contributed by atoms with E-state index in [2.05, 4.69) is 192 Å². The molecule has 0 N–H and O–H groups in total. The highest BCUT2D eigenvalue weighted by Gasteiger charge is 2.23. The number of fused-ring (bicyclic) bond motifs is 8. The summed E-state index contributed by atoms with van der Waals surface area (Å²) in [5, 5.41) is 7.67. The second-order valence-corrected chi connectivity index (χ2v) is 14.7. The van der Waals surface area contributed by atoms with Crippen LogP contribution in [0.15, 0.2) is 182 Å². The van der Waals surface area contributed by atoms with Crippen LogP contribution in [-0.4, -0.2) is 0 Å². The van der Waals surface area contributed by atoms with E-state index >= 15 is 0 Å². The lowest BCUT2D eigenvalue weighted by atomic mass is 10.0. The van der Waals surface area contributed by atoms with E-state index in [-0.39, 0.29) is 0 Å². The number of hydrogen-bond donors (Lipinski definition) is 0. The minimum Gasteiger partial charge on any atom is -0.310 e. The van der Waals surface area contributed by atoms with Crippen molar-refractivity contribution < 1.29 is 0 Å². The fourth-order valence-electron chi connectivity index (χ4n) is 7.33. The van der Waals surface area contributed by atoms with E-state index in [1.54, 1.807) is 0 Å². The van der Waals surface area contributed by atoms with Crippen LogP contribution in [0.5, 0.6) is 0 Å². The molecule has 0 saturated carbocycles. The first-order valence-electron chi connectivity index (χ1n) is 16.8. The van der Waals surface area contributed by atoms with Crippen LogP contribution in [0.4, 0.5) is 34.1 Å². The normalized spacial score (nSPS) is 11.6. The highest BCUT2D eigenvalue weighted by molar-refractivity contribution is 7.27. The second-order valence-electron chi connectivity index (χ2n) is 12.6.